The fourth-order valence-electron chi connectivity index (χ4n) is 8.54. The van der Waals surface area contributed by atoms with Crippen LogP contribution in [0.25, 0.3) is 133 Å². The average molecular weight is 947 g/mol. The number of aromatic amines is 2. The van der Waals surface area contributed by atoms with Crippen molar-refractivity contribution in [3.63, 3.8) is 0 Å². The van der Waals surface area contributed by atoms with E-state index in [-0.39, 0.29) is 0 Å². The molecule has 2 aliphatic rings. The van der Waals surface area contributed by atoms with Crippen LogP contribution in [-0.4, -0.2) is 39.9 Å². The van der Waals surface area contributed by atoms with Crippen LogP contribution in [0.2, 0.25) is 0 Å². The van der Waals surface area contributed by atoms with Crippen LogP contribution in [-0.2, 0) is 0 Å². The highest BCUT2D eigenvalue weighted by molar-refractivity contribution is 6.13. The van der Waals surface area contributed by atoms with Crippen molar-refractivity contribution in [3.05, 3.63) is 146 Å². The molecule has 11 aromatic rings. The van der Waals surface area contributed by atoms with Gasteiger partial charge in [0.2, 0.25) is 0 Å². The number of rotatable bonds is 4. The van der Waals surface area contributed by atoms with Crippen molar-refractivity contribution in [1.82, 2.24) is 39.9 Å². The number of hydrogen-bond acceptors (Lipinski definition) is 6. The van der Waals surface area contributed by atoms with Gasteiger partial charge in [-0.3, -0.25) is 0 Å². The third-order valence-corrected chi connectivity index (χ3v) is 13.3. The molecular formula is C64H66N8. The second kappa shape index (κ2) is 22.5. The lowest BCUT2D eigenvalue weighted by molar-refractivity contribution is 0.886. The van der Waals surface area contributed by atoms with Crippen molar-refractivity contribution < 1.29 is 0 Å². The molecule has 8 heteroatoms. The van der Waals surface area contributed by atoms with E-state index < -0.39 is 0 Å². The first-order valence-electron chi connectivity index (χ1n) is 26.3. The molecule has 3 aromatic heterocycles. The summed E-state index contributed by atoms with van der Waals surface area (Å²) in [5.41, 5.74) is 6.34. The Balaban J connectivity index is 0.000000354. The number of fused-ring (bicyclic) bond motifs is 24. The number of nitrogens with zero attached hydrogens (tertiary/aromatic N) is 6. The van der Waals surface area contributed by atoms with Crippen LogP contribution in [0.3, 0.4) is 0 Å². The minimum Gasteiger partial charge on any atom is -0.324 e. The Labute approximate surface area is 423 Å². The average Bonchev–Trinajstić information content (AvgIpc) is 4.15. The molecule has 0 saturated carbocycles. The first kappa shape index (κ1) is 49.2. The van der Waals surface area contributed by atoms with Gasteiger partial charge in [0.15, 0.2) is 23.3 Å². The summed E-state index contributed by atoms with van der Waals surface area (Å²) < 4.78 is 0. The van der Waals surface area contributed by atoms with Crippen molar-refractivity contribution in [3.8, 4) is 45.6 Å². The van der Waals surface area contributed by atoms with Crippen LogP contribution in [0.5, 0.6) is 0 Å². The van der Waals surface area contributed by atoms with Crippen molar-refractivity contribution in [2.24, 2.45) is 0 Å². The summed E-state index contributed by atoms with van der Waals surface area (Å²) in [7, 11) is 0. The fourth-order valence-corrected chi connectivity index (χ4v) is 8.54. The highest BCUT2D eigenvalue weighted by Crippen LogP contribution is 2.41. The Kier molecular flexibility index (Phi) is 15.4. The molecule has 0 atom stereocenters. The first-order valence-corrected chi connectivity index (χ1v) is 26.3. The Morgan fingerprint density at radius 2 is 0.431 bits per heavy atom. The predicted octanol–water partition coefficient (Wildman–Crippen LogP) is 18.7. The quantitative estimate of drug-likeness (QED) is 0.182. The molecule has 8 nitrogen and oxygen atoms in total. The van der Waals surface area contributed by atoms with Gasteiger partial charge in [0.1, 0.15) is 22.6 Å². The molecule has 13 rings (SSSR count). The van der Waals surface area contributed by atoms with Gasteiger partial charge in [-0.1, -0.05) is 204 Å². The lowest BCUT2D eigenvalue weighted by atomic mass is 10.0. The SMILES string of the molecule is CCCC.CCCC.CCCC.CCCC.c1ccc2cc3c(cc2c1)-c1nc-3nc2[nH]c(nc3nc(nc4[nH]c(n1)c1cc5ccccc5cc41)-c1cc4ccccc4cc1-3)c1cc3ccccc3cc21. The number of nitrogens with one attached hydrogen (secondary N) is 2. The largest absolute Gasteiger partial charge is 0.324 e. The molecule has 0 fully saturated rings. The van der Waals surface area contributed by atoms with Crippen LogP contribution >= 0.6 is 0 Å². The smallest absolute Gasteiger partial charge is 0.164 e. The molecule has 0 amide bonds. The number of H-pyrrole nitrogens is 2. The van der Waals surface area contributed by atoms with Crippen LogP contribution in [0.1, 0.15) is 107 Å². The minimum absolute atomic E-state index is 0.580. The molecule has 5 heterocycles. The van der Waals surface area contributed by atoms with E-state index in [1.54, 1.807) is 0 Å². The molecule has 0 spiro atoms. The number of unbranched alkanes of at least 4 members (excludes halogenated alkanes) is 4. The number of benzene rings is 8. The van der Waals surface area contributed by atoms with Gasteiger partial charge < -0.3 is 9.97 Å². The number of hydrogen-bond donors (Lipinski definition) is 2. The van der Waals surface area contributed by atoms with E-state index >= 15 is 0 Å². The van der Waals surface area contributed by atoms with Crippen molar-refractivity contribution in [2.45, 2.75) is 107 Å². The zero-order chi connectivity index (χ0) is 50.1. The highest BCUT2D eigenvalue weighted by atomic mass is 15.1. The van der Waals surface area contributed by atoms with E-state index in [0.717, 1.165) is 86.9 Å². The number of aromatic nitrogens is 8. The van der Waals surface area contributed by atoms with Crippen LogP contribution in [0.15, 0.2) is 146 Å². The van der Waals surface area contributed by atoms with Gasteiger partial charge in [0.05, 0.1) is 0 Å². The molecule has 0 saturated heterocycles. The van der Waals surface area contributed by atoms with Crippen LogP contribution in [0.4, 0.5) is 0 Å². The zero-order valence-corrected chi connectivity index (χ0v) is 43.2. The molecule has 2 N–H and O–H groups in total. The lowest BCUT2D eigenvalue weighted by Crippen LogP contribution is -1.84. The third kappa shape index (κ3) is 10.0. The van der Waals surface area contributed by atoms with E-state index in [2.05, 4.69) is 211 Å². The van der Waals surface area contributed by atoms with Crippen molar-refractivity contribution in [2.75, 3.05) is 0 Å². The normalized spacial score (nSPS) is 11.2. The fraction of sp³-hybridized carbons (Fsp3) is 0.250. The summed E-state index contributed by atoms with van der Waals surface area (Å²) in [6, 6.07) is 50.9. The third-order valence-electron chi connectivity index (χ3n) is 13.3. The summed E-state index contributed by atoms with van der Waals surface area (Å²) in [5.74, 6) is 2.32. The Morgan fingerprint density at radius 1 is 0.250 bits per heavy atom. The van der Waals surface area contributed by atoms with E-state index in [1.807, 2.05) is 0 Å². The first-order chi connectivity index (χ1) is 35.3. The van der Waals surface area contributed by atoms with E-state index in [9.17, 15) is 0 Å². The molecule has 8 bridgehead atoms. The maximum atomic E-state index is 5.31. The summed E-state index contributed by atoms with van der Waals surface area (Å²) >= 11 is 0. The van der Waals surface area contributed by atoms with Crippen LogP contribution < -0.4 is 0 Å². The Hall–Kier alpha value is -7.84. The van der Waals surface area contributed by atoms with Gasteiger partial charge in [-0.15, -0.1) is 0 Å². The Bertz CT molecular complexity index is 3380. The molecule has 0 unspecified atom stereocenters. The van der Waals surface area contributed by atoms with E-state index in [4.69, 9.17) is 29.9 Å². The maximum absolute atomic E-state index is 5.31. The lowest BCUT2D eigenvalue weighted by Gasteiger charge is -2.03. The molecular weight excluding hydrogens is 881 g/mol. The second-order valence-corrected chi connectivity index (χ2v) is 18.6. The van der Waals surface area contributed by atoms with E-state index in [1.165, 1.54) is 51.4 Å². The zero-order valence-electron chi connectivity index (χ0n) is 43.2. The van der Waals surface area contributed by atoms with Gasteiger partial charge in [-0.05, 0) is 91.6 Å². The monoisotopic (exact) mass is 947 g/mol. The minimum atomic E-state index is 0.580. The molecule has 8 aromatic carbocycles. The summed E-state index contributed by atoms with van der Waals surface area (Å²) in [6.45, 7) is 17.4. The maximum Gasteiger partial charge on any atom is 0.164 e. The topological polar surface area (TPSA) is 109 Å². The second-order valence-electron chi connectivity index (χ2n) is 18.6. The molecule has 0 radical (unpaired) electrons. The molecule has 72 heavy (non-hydrogen) atoms. The van der Waals surface area contributed by atoms with Gasteiger partial charge in [0, 0.05) is 43.8 Å². The van der Waals surface area contributed by atoms with Gasteiger partial charge in [0.25, 0.3) is 0 Å². The summed E-state index contributed by atoms with van der Waals surface area (Å²) in [6.07, 6.45) is 10.6. The standard InChI is InChI=1S/C48H26N8.4C4H10/c1-2-10-26-18-34-33(17-25(26)9-1)41-49-42(34)54-44-37-21-29-13-5-6-14-30(29)22-38(37)46(51-44)56-48-40-24-32-16-8-7-15-31(32)23-39(40)47(52-48)55-45-36-20-28-12-4-3-11-27(28)19-35(36)43(50-45)53-41;4*1-3-4-2/h1-24H,(H2,49,50,51,52,53,54,55,56);4*3-4H2,1-2H3. The summed E-state index contributed by atoms with van der Waals surface area (Å²) in [5, 5.41) is 12.6. The molecule has 0 aliphatic carbocycles. The van der Waals surface area contributed by atoms with Crippen molar-refractivity contribution >= 4 is 87.2 Å². The van der Waals surface area contributed by atoms with Gasteiger partial charge in [-0.2, -0.15) is 0 Å². The van der Waals surface area contributed by atoms with Gasteiger partial charge in [-0.25, -0.2) is 29.9 Å². The molecule has 2 aliphatic heterocycles. The van der Waals surface area contributed by atoms with Gasteiger partial charge >= 0.3 is 0 Å². The van der Waals surface area contributed by atoms with Crippen molar-refractivity contribution in [1.29, 1.82) is 0 Å². The Morgan fingerprint density at radius 3 is 0.611 bits per heavy atom. The molecule has 362 valence electrons. The predicted molar refractivity (Wildman–Crippen MR) is 308 cm³/mol. The van der Waals surface area contributed by atoms with E-state index in [0.29, 0.717) is 45.9 Å². The summed E-state index contributed by atoms with van der Waals surface area (Å²) in [4.78, 5) is 38.8. The highest BCUT2D eigenvalue weighted by Gasteiger charge is 2.24. The van der Waals surface area contributed by atoms with Crippen LogP contribution in [0, 0.1) is 0 Å².